The highest BCUT2D eigenvalue weighted by molar-refractivity contribution is 6.18. The van der Waals surface area contributed by atoms with Gasteiger partial charge in [-0.25, -0.2) is 4.39 Å². The van der Waals surface area contributed by atoms with Crippen LogP contribution in [0.5, 0.6) is 0 Å². The Morgan fingerprint density at radius 2 is 2.06 bits per heavy atom. The summed E-state index contributed by atoms with van der Waals surface area (Å²) in [4.78, 5) is 2.26. The third-order valence-corrected chi connectivity index (χ3v) is 2.81. The molecule has 1 rings (SSSR count). The second-order valence-electron chi connectivity index (χ2n) is 4.04. The summed E-state index contributed by atoms with van der Waals surface area (Å²) in [7, 11) is 0. The lowest BCUT2D eigenvalue weighted by Gasteiger charge is -2.21. The minimum Gasteiger partial charge on any atom is -0.298 e. The van der Waals surface area contributed by atoms with E-state index in [0.717, 1.165) is 37.2 Å². The molecule has 1 nitrogen and oxygen atoms in total. The molecule has 3 heteroatoms. The first kappa shape index (κ1) is 13.5. The van der Waals surface area contributed by atoms with Crippen molar-refractivity contribution in [2.24, 2.45) is 0 Å². The monoisotopic (exact) mass is 243 g/mol. The van der Waals surface area contributed by atoms with Crippen LogP contribution in [0, 0.1) is 12.7 Å². The van der Waals surface area contributed by atoms with Gasteiger partial charge in [-0.15, -0.1) is 11.6 Å². The summed E-state index contributed by atoms with van der Waals surface area (Å²) >= 11 is 5.75. The molecule has 1 aromatic rings. The van der Waals surface area contributed by atoms with Crippen LogP contribution < -0.4 is 0 Å². The van der Waals surface area contributed by atoms with E-state index in [-0.39, 0.29) is 5.82 Å². The average Bonchev–Trinajstić information content (AvgIpc) is 2.24. The minimum atomic E-state index is -0.164. The maximum Gasteiger partial charge on any atom is 0.123 e. The Labute approximate surface area is 102 Å². The van der Waals surface area contributed by atoms with Gasteiger partial charge >= 0.3 is 0 Å². The van der Waals surface area contributed by atoms with E-state index in [0.29, 0.717) is 5.88 Å². The minimum absolute atomic E-state index is 0.164. The first-order chi connectivity index (χ1) is 7.67. The van der Waals surface area contributed by atoms with Gasteiger partial charge in [-0.05, 0) is 43.1 Å². The van der Waals surface area contributed by atoms with Crippen molar-refractivity contribution in [2.75, 3.05) is 19.0 Å². The molecule has 0 saturated heterocycles. The normalized spacial score (nSPS) is 11.1. The average molecular weight is 244 g/mol. The van der Waals surface area contributed by atoms with E-state index in [4.69, 9.17) is 11.6 Å². The van der Waals surface area contributed by atoms with Crippen LogP contribution in [-0.2, 0) is 6.54 Å². The molecule has 0 heterocycles. The van der Waals surface area contributed by atoms with E-state index in [1.165, 1.54) is 6.07 Å². The molecule has 0 unspecified atom stereocenters. The van der Waals surface area contributed by atoms with Gasteiger partial charge in [0, 0.05) is 19.0 Å². The Morgan fingerprint density at radius 3 is 2.69 bits per heavy atom. The second-order valence-corrected chi connectivity index (χ2v) is 4.41. The van der Waals surface area contributed by atoms with E-state index in [9.17, 15) is 4.39 Å². The SMILES string of the molecule is CCCN(CCCl)Cc1cc(F)ccc1C. The Balaban J connectivity index is 2.71. The predicted molar refractivity (Wildman–Crippen MR) is 67.4 cm³/mol. The molecule has 1 aromatic carbocycles. The van der Waals surface area contributed by atoms with Crippen molar-refractivity contribution in [3.05, 3.63) is 35.1 Å². The molecular weight excluding hydrogens is 225 g/mol. The molecule has 0 saturated carbocycles. The van der Waals surface area contributed by atoms with Gasteiger partial charge in [0.1, 0.15) is 5.82 Å². The number of halogens is 2. The van der Waals surface area contributed by atoms with Crippen molar-refractivity contribution in [1.29, 1.82) is 0 Å². The molecule has 0 fully saturated rings. The van der Waals surface area contributed by atoms with Gasteiger partial charge < -0.3 is 0 Å². The van der Waals surface area contributed by atoms with Gasteiger partial charge in [-0.1, -0.05) is 13.0 Å². The van der Waals surface area contributed by atoms with Crippen LogP contribution in [-0.4, -0.2) is 23.9 Å². The Kier molecular flexibility index (Phi) is 5.78. The molecule has 0 aliphatic heterocycles. The fourth-order valence-electron chi connectivity index (χ4n) is 1.76. The number of nitrogens with zero attached hydrogens (tertiary/aromatic N) is 1. The molecular formula is C13H19ClFN. The highest BCUT2D eigenvalue weighted by Gasteiger charge is 2.07. The van der Waals surface area contributed by atoms with Crippen molar-refractivity contribution in [1.82, 2.24) is 4.90 Å². The molecule has 0 aromatic heterocycles. The van der Waals surface area contributed by atoms with Gasteiger partial charge in [0.2, 0.25) is 0 Å². The summed E-state index contributed by atoms with van der Waals surface area (Å²) in [6.07, 6.45) is 1.09. The molecule has 90 valence electrons. The van der Waals surface area contributed by atoms with E-state index in [1.54, 1.807) is 6.07 Å². The number of hydrogen-bond acceptors (Lipinski definition) is 1. The van der Waals surface area contributed by atoms with E-state index < -0.39 is 0 Å². The van der Waals surface area contributed by atoms with E-state index in [1.807, 2.05) is 13.0 Å². The van der Waals surface area contributed by atoms with Crippen LogP contribution in [0.4, 0.5) is 4.39 Å². The van der Waals surface area contributed by atoms with Crippen LogP contribution in [0.1, 0.15) is 24.5 Å². The maximum atomic E-state index is 13.1. The molecule has 0 spiro atoms. The summed E-state index contributed by atoms with van der Waals surface area (Å²) in [5.41, 5.74) is 2.19. The fourth-order valence-corrected chi connectivity index (χ4v) is 2.00. The van der Waals surface area contributed by atoms with Gasteiger partial charge in [0.05, 0.1) is 0 Å². The third kappa shape index (κ3) is 4.11. The van der Waals surface area contributed by atoms with Crippen molar-refractivity contribution in [3.63, 3.8) is 0 Å². The van der Waals surface area contributed by atoms with E-state index in [2.05, 4.69) is 11.8 Å². The van der Waals surface area contributed by atoms with Crippen molar-refractivity contribution in [2.45, 2.75) is 26.8 Å². The fraction of sp³-hybridized carbons (Fsp3) is 0.538. The third-order valence-electron chi connectivity index (χ3n) is 2.65. The summed E-state index contributed by atoms with van der Waals surface area (Å²) < 4.78 is 13.1. The van der Waals surface area contributed by atoms with Crippen LogP contribution in [0.15, 0.2) is 18.2 Å². The highest BCUT2D eigenvalue weighted by Crippen LogP contribution is 2.13. The smallest absolute Gasteiger partial charge is 0.123 e. The maximum absolute atomic E-state index is 13.1. The zero-order valence-corrected chi connectivity index (χ0v) is 10.7. The van der Waals surface area contributed by atoms with Crippen LogP contribution in [0.25, 0.3) is 0 Å². The standard InChI is InChI=1S/C13H19ClFN/c1-3-7-16(8-6-14)10-12-9-13(15)5-4-11(12)2/h4-5,9H,3,6-8,10H2,1-2H3. The first-order valence-electron chi connectivity index (χ1n) is 5.70. The number of benzene rings is 1. The molecule has 0 atom stereocenters. The van der Waals surface area contributed by atoms with Gasteiger partial charge in [0.25, 0.3) is 0 Å². The molecule has 0 bridgehead atoms. The number of hydrogen-bond donors (Lipinski definition) is 0. The van der Waals surface area contributed by atoms with Crippen LogP contribution in [0.2, 0.25) is 0 Å². The number of alkyl halides is 1. The van der Waals surface area contributed by atoms with Crippen LogP contribution in [0.3, 0.4) is 0 Å². The lowest BCUT2D eigenvalue weighted by molar-refractivity contribution is 0.281. The molecule has 0 amide bonds. The van der Waals surface area contributed by atoms with Crippen molar-refractivity contribution >= 4 is 11.6 Å². The van der Waals surface area contributed by atoms with Gasteiger partial charge in [-0.2, -0.15) is 0 Å². The molecule has 0 radical (unpaired) electrons. The summed E-state index contributed by atoms with van der Waals surface area (Å²) in [6.45, 7) is 6.79. The summed E-state index contributed by atoms with van der Waals surface area (Å²) in [6, 6.07) is 4.95. The second kappa shape index (κ2) is 6.87. The Hall–Kier alpha value is -0.600. The molecule has 0 aliphatic rings. The topological polar surface area (TPSA) is 3.24 Å². The van der Waals surface area contributed by atoms with E-state index >= 15 is 0 Å². The lowest BCUT2D eigenvalue weighted by Crippen LogP contribution is -2.26. The summed E-state index contributed by atoms with van der Waals surface area (Å²) in [5, 5.41) is 0. The zero-order valence-electron chi connectivity index (χ0n) is 9.97. The predicted octanol–water partition coefficient (Wildman–Crippen LogP) is 3.58. The quantitative estimate of drug-likeness (QED) is 0.691. The number of rotatable bonds is 6. The van der Waals surface area contributed by atoms with Gasteiger partial charge in [-0.3, -0.25) is 4.90 Å². The molecule has 16 heavy (non-hydrogen) atoms. The number of aryl methyl sites for hydroxylation is 1. The molecule has 0 aliphatic carbocycles. The van der Waals surface area contributed by atoms with Crippen molar-refractivity contribution < 1.29 is 4.39 Å². The first-order valence-corrected chi connectivity index (χ1v) is 6.24. The largest absolute Gasteiger partial charge is 0.298 e. The highest BCUT2D eigenvalue weighted by atomic mass is 35.5. The zero-order chi connectivity index (χ0) is 12.0. The Morgan fingerprint density at radius 1 is 1.31 bits per heavy atom. The summed E-state index contributed by atoms with van der Waals surface area (Å²) in [5.74, 6) is 0.455. The Bertz CT molecular complexity index is 322. The van der Waals surface area contributed by atoms with Gasteiger partial charge in [0.15, 0.2) is 0 Å². The van der Waals surface area contributed by atoms with Crippen LogP contribution >= 0.6 is 11.6 Å². The lowest BCUT2D eigenvalue weighted by atomic mass is 10.1. The molecule has 0 N–H and O–H groups in total. The van der Waals surface area contributed by atoms with Crippen molar-refractivity contribution in [3.8, 4) is 0 Å².